The van der Waals surface area contributed by atoms with Gasteiger partial charge in [0.15, 0.2) is 22.3 Å². The molecule has 28 heavy (non-hydrogen) atoms. The monoisotopic (exact) mass is 406 g/mol. The zero-order valence-corrected chi connectivity index (χ0v) is 16.6. The Hall–Kier alpha value is -2.75. The van der Waals surface area contributed by atoms with Crippen LogP contribution in [0.25, 0.3) is 5.82 Å². The van der Waals surface area contributed by atoms with Crippen molar-refractivity contribution in [2.45, 2.75) is 26.3 Å². The van der Waals surface area contributed by atoms with E-state index in [4.69, 9.17) is 4.74 Å². The highest BCUT2D eigenvalue weighted by Crippen LogP contribution is 2.18. The maximum absolute atomic E-state index is 12.4. The predicted molar refractivity (Wildman–Crippen MR) is 101 cm³/mol. The molecule has 0 radical (unpaired) electrons. The number of aromatic nitrogens is 3. The molecule has 1 unspecified atom stereocenters. The SMILES string of the molecule is CCN(C(=O)COC(=O)c1cnn(-c2ccccn2)c1C)C1CCS(=O)(=O)C1. The topological polar surface area (TPSA) is 111 Å². The first-order chi connectivity index (χ1) is 13.3. The highest BCUT2D eigenvalue weighted by molar-refractivity contribution is 7.91. The number of likely N-dealkylation sites (N-methyl/N-ethyl adjacent to an activating group) is 1. The molecule has 150 valence electrons. The fraction of sp³-hybridized carbons (Fsp3) is 0.444. The first-order valence-corrected chi connectivity index (χ1v) is 10.8. The zero-order valence-electron chi connectivity index (χ0n) is 15.7. The molecule has 2 aromatic rings. The van der Waals surface area contributed by atoms with Crippen LogP contribution in [0.2, 0.25) is 0 Å². The van der Waals surface area contributed by atoms with Crippen molar-refractivity contribution in [2.24, 2.45) is 0 Å². The Labute approximate surface area is 163 Å². The summed E-state index contributed by atoms with van der Waals surface area (Å²) in [4.78, 5) is 30.5. The molecule has 0 aliphatic carbocycles. The Morgan fingerprint density at radius 3 is 2.75 bits per heavy atom. The fourth-order valence-electron chi connectivity index (χ4n) is 3.27. The summed E-state index contributed by atoms with van der Waals surface area (Å²) in [5, 5.41) is 4.16. The van der Waals surface area contributed by atoms with E-state index >= 15 is 0 Å². The number of rotatable bonds is 6. The number of amides is 1. The van der Waals surface area contributed by atoms with E-state index in [9.17, 15) is 18.0 Å². The van der Waals surface area contributed by atoms with Gasteiger partial charge >= 0.3 is 5.97 Å². The number of hydrogen-bond donors (Lipinski definition) is 0. The van der Waals surface area contributed by atoms with Gasteiger partial charge in [0.1, 0.15) is 5.56 Å². The average Bonchev–Trinajstić information content (AvgIpc) is 3.23. The van der Waals surface area contributed by atoms with E-state index in [1.54, 1.807) is 32.2 Å². The first kappa shape index (κ1) is 20.0. The minimum Gasteiger partial charge on any atom is -0.452 e. The van der Waals surface area contributed by atoms with Gasteiger partial charge < -0.3 is 9.64 Å². The molecule has 3 heterocycles. The molecular weight excluding hydrogens is 384 g/mol. The average molecular weight is 406 g/mol. The molecule has 0 spiro atoms. The quantitative estimate of drug-likeness (QED) is 0.651. The lowest BCUT2D eigenvalue weighted by molar-refractivity contribution is -0.136. The van der Waals surface area contributed by atoms with Gasteiger partial charge in [-0.2, -0.15) is 5.10 Å². The van der Waals surface area contributed by atoms with Crippen LogP contribution in [0.3, 0.4) is 0 Å². The van der Waals surface area contributed by atoms with Crippen molar-refractivity contribution in [1.29, 1.82) is 0 Å². The van der Waals surface area contributed by atoms with E-state index in [2.05, 4.69) is 10.1 Å². The number of carbonyl (C=O) groups excluding carboxylic acids is 2. The van der Waals surface area contributed by atoms with Gasteiger partial charge in [-0.1, -0.05) is 6.07 Å². The minimum atomic E-state index is -3.11. The Kier molecular flexibility index (Phi) is 5.78. The maximum atomic E-state index is 12.4. The standard InChI is InChI=1S/C18H22N4O5S/c1-3-21(14-7-9-28(25,26)12-14)17(23)11-27-18(24)15-10-20-22(13(15)2)16-6-4-5-8-19-16/h4-6,8,10,14H,3,7,9,11-12H2,1-2H3. The second-order valence-electron chi connectivity index (χ2n) is 6.56. The van der Waals surface area contributed by atoms with Crippen molar-refractivity contribution in [3.05, 3.63) is 41.9 Å². The zero-order chi connectivity index (χ0) is 20.3. The third kappa shape index (κ3) is 4.22. The largest absolute Gasteiger partial charge is 0.452 e. The molecule has 1 aliphatic heterocycles. The van der Waals surface area contributed by atoms with Crippen molar-refractivity contribution in [3.63, 3.8) is 0 Å². The lowest BCUT2D eigenvalue weighted by atomic mass is 10.2. The van der Waals surface area contributed by atoms with E-state index in [-0.39, 0.29) is 23.1 Å². The van der Waals surface area contributed by atoms with E-state index in [1.807, 2.05) is 6.07 Å². The van der Waals surface area contributed by atoms with E-state index in [1.165, 1.54) is 15.8 Å². The third-order valence-electron chi connectivity index (χ3n) is 4.73. The second kappa shape index (κ2) is 8.09. The Morgan fingerprint density at radius 1 is 1.36 bits per heavy atom. The van der Waals surface area contributed by atoms with Gasteiger partial charge in [0.2, 0.25) is 0 Å². The van der Waals surface area contributed by atoms with Crippen LogP contribution < -0.4 is 0 Å². The fourth-order valence-corrected chi connectivity index (χ4v) is 5.00. The number of hydrogen-bond acceptors (Lipinski definition) is 7. The van der Waals surface area contributed by atoms with Crippen LogP contribution in [0.1, 0.15) is 29.4 Å². The van der Waals surface area contributed by atoms with E-state index in [0.29, 0.717) is 24.5 Å². The van der Waals surface area contributed by atoms with Crippen molar-refractivity contribution in [2.75, 3.05) is 24.7 Å². The van der Waals surface area contributed by atoms with E-state index < -0.39 is 28.3 Å². The summed E-state index contributed by atoms with van der Waals surface area (Å²) < 4.78 is 30.0. The van der Waals surface area contributed by atoms with Crippen molar-refractivity contribution in [1.82, 2.24) is 19.7 Å². The van der Waals surface area contributed by atoms with Gasteiger partial charge in [-0.25, -0.2) is 22.9 Å². The van der Waals surface area contributed by atoms with Crippen molar-refractivity contribution < 1.29 is 22.7 Å². The number of nitrogens with zero attached hydrogens (tertiary/aromatic N) is 4. The highest BCUT2D eigenvalue weighted by Gasteiger charge is 2.34. The summed E-state index contributed by atoms with van der Waals surface area (Å²) in [5.74, 6) is -0.477. The number of pyridine rings is 1. The lowest BCUT2D eigenvalue weighted by Gasteiger charge is -2.26. The van der Waals surface area contributed by atoms with Crippen LogP contribution in [0.4, 0.5) is 0 Å². The number of ether oxygens (including phenoxy) is 1. The normalized spacial score (nSPS) is 18.0. The highest BCUT2D eigenvalue weighted by atomic mass is 32.2. The van der Waals surface area contributed by atoms with Crippen LogP contribution in [0.15, 0.2) is 30.6 Å². The van der Waals surface area contributed by atoms with Crippen LogP contribution in [-0.2, 0) is 19.4 Å². The van der Waals surface area contributed by atoms with Crippen molar-refractivity contribution >= 4 is 21.7 Å². The molecule has 1 aliphatic rings. The Morgan fingerprint density at radius 2 is 2.14 bits per heavy atom. The summed E-state index contributed by atoms with van der Waals surface area (Å²) in [6.45, 7) is 3.39. The molecule has 10 heteroatoms. The summed E-state index contributed by atoms with van der Waals surface area (Å²) in [5.41, 5.74) is 0.787. The van der Waals surface area contributed by atoms with Gasteiger partial charge in [0.05, 0.1) is 23.4 Å². The lowest BCUT2D eigenvalue weighted by Crippen LogP contribution is -2.43. The summed E-state index contributed by atoms with van der Waals surface area (Å²) in [6, 6.07) is 4.98. The second-order valence-corrected chi connectivity index (χ2v) is 8.78. The van der Waals surface area contributed by atoms with Crippen LogP contribution >= 0.6 is 0 Å². The van der Waals surface area contributed by atoms with Gasteiger partial charge in [-0.15, -0.1) is 0 Å². The Bertz CT molecular complexity index is 971. The first-order valence-electron chi connectivity index (χ1n) is 8.95. The van der Waals surface area contributed by atoms with Gasteiger partial charge in [0, 0.05) is 18.8 Å². The maximum Gasteiger partial charge on any atom is 0.342 e. The smallest absolute Gasteiger partial charge is 0.342 e. The van der Waals surface area contributed by atoms with Crippen molar-refractivity contribution in [3.8, 4) is 5.82 Å². The van der Waals surface area contributed by atoms with Crippen LogP contribution in [0, 0.1) is 6.92 Å². The molecular formula is C18H22N4O5S. The minimum absolute atomic E-state index is 0.0452. The van der Waals surface area contributed by atoms with Gasteiger partial charge in [0.25, 0.3) is 5.91 Å². The van der Waals surface area contributed by atoms with Crippen LogP contribution in [0.5, 0.6) is 0 Å². The Balaban J connectivity index is 1.64. The molecule has 0 aromatic carbocycles. The molecule has 0 N–H and O–H groups in total. The molecule has 3 rings (SSSR count). The number of carbonyl (C=O) groups is 2. The van der Waals surface area contributed by atoms with Crippen LogP contribution in [-0.4, -0.2) is 70.7 Å². The molecule has 0 bridgehead atoms. The number of sulfone groups is 1. The molecule has 0 saturated carbocycles. The molecule has 2 aromatic heterocycles. The summed E-state index contributed by atoms with van der Waals surface area (Å²) >= 11 is 0. The predicted octanol–water partition coefficient (Wildman–Crippen LogP) is 0.768. The summed E-state index contributed by atoms with van der Waals surface area (Å²) in [6.07, 6.45) is 3.40. The third-order valence-corrected chi connectivity index (χ3v) is 6.48. The molecule has 1 amide bonds. The van der Waals surface area contributed by atoms with E-state index in [0.717, 1.165) is 0 Å². The van der Waals surface area contributed by atoms with Gasteiger partial charge in [-0.05, 0) is 32.4 Å². The number of esters is 1. The summed E-state index contributed by atoms with van der Waals surface area (Å²) in [7, 11) is -3.11. The molecule has 1 fully saturated rings. The molecule has 1 atom stereocenters. The molecule has 1 saturated heterocycles. The van der Waals surface area contributed by atoms with Gasteiger partial charge in [-0.3, -0.25) is 4.79 Å². The molecule has 9 nitrogen and oxygen atoms in total.